The monoisotopic (exact) mass is 255 g/mol. The van der Waals surface area contributed by atoms with Crippen LogP contribution >= 0.6 is 15.9 Å². The maximum absolute atomic E-state index is 5.20. The number of hydrogen-bond donors (Lipinski definition) is 1. The van der Waals surface area contributed by atoms with Crippen molar-refractivity contribution in [3.63, 3.8) is 0 Å². The van der Waals surface area contributed by atoms with E-state index in [1.54, 1.807) is 7.11 Å². The fourth-order valence-electron chi connectivity index (χ4n) is 1.87. The molecule has 1 aliphatic rings. The third kappa shape index (κ3) is 1.93. The number of halogens is 1. The summed E-state index contributed by atoms with van der Waals surface area (Å²) in [5, 5.41) is 3.48. The molecule has 0 spiro atoms. The summed E-state index contributed by atoms with van der Waals surface area (Å²) in [7, 11) is 1.69. The molecule has 1 atom stereocenters. The minimum Gasteiger partial charge on any atom is -0.496 e. The first-order chi connectivity index (χ1) is 6.81. The highest BCUT2D eigenvalue weighted by Gasteiger charge is 2.16. The van der Waals surface area contributed by atoms with Crippen LogP contribution in [0.3, 0.4) is 0 Å². The van der Waals surface area contributed by atoms with Crippen molar-refractivity contribution in [1.29, 1.82) is 0 Å². The third-order valence-corrected chi connectivity index (χ3v) is 3.26. The predicted octanol–water partition coefficient (Wildman–Crippen LogP) is 2.88. The van der Waals surface area contributed by atoms with Crippen LogP contribution < -0.4 is 10.1 Å². The van der Waals surface area contributed by atoms with E-state index in [0.717, 1.165) is 16.8 Å². The first-order valence-corrected chi connectivity index (χ1v) is 5.67. The Labute approximate surface area is 92.8 Å². The van der Waals surface area contributed by atoms with Gasteiger partial charge in [-0.05, 0) is 53.0 Å². The Bertz CT molecular complexity index is 321. The summed E-state index contributed by atoms with van der Waals surface area (Å²) in [6, 6.07) is 6.81. The number of methoxy groups -OCH3 is 1. The highest BCUT2D eigenvalue weighted by molar-refractivity contribution is 9.10. The molecular weight excluding hydrogens is 242 g/mol. The zero-order chi connectivity index (χ0) is 9.97. The van der Waals surface area contributed by atoms with Crippen LogP contribution in [0.4, 0.5) is 0 Å². The molecular formula is C11H14BrNO. The Morgan fingerprint density at radius 3 is 2.93 bits per heavy atom. The van der Waals surface area contributed by atoms with Gasteiger partial charge in [0.25, 0.3) is 0 Å². The summed E-state index contributed by atoms with van der Waals surface area (Å²) in [6.07, 6.45) is 2.51. The first-order valence-electron chi connectivity index (χ1n) is 4.88. The molecule has 14 heavy (non-hydrogen) atoms. The van der Waals surface area contributed by atoms with Gasteiger partial charge in [-0.25, -0.2) is 0 Å². The largest absolute Gasteiger partial charge is 0.496 e. The smallest absolute Gasteiger partial charge is 0.133 e. The number of rotatable bonds is 2. The highest BCUT2D eigenvalue weighted by Crippen LogP contribution is 2.30. The van der Waals surface area contributed by atoms with E-state index in [9.17, 15) is 0 Å². The summed E-state index contributed by atoms with van der Waals surface area (Å²) in [4.78, 5) is 0. The fourth-order valence-corrected chi connectivity index (χ4v) is 2.43. The van der Waals surface area contributed by atoms with Crippen LogP contribution in [0.1, 0.15) is 24.4 Å². The van der Waals surface area contributed by atoms with E-state index >= 15 is 0 Å². The van der Waals surface area contributed by atoms with Crippen LogP contribution in [0.25, 0.3) is 0 Å². The Kier molecular flexibility index (Phi) is 3.08. The van der Waals surface area contributed by atoms with Crippen molar-refractivity contribution >= 4 is 15.9 Å². The van der Waals surface area contributed by atoms with E-state index in [1.807, 2.05) is 6.07 Å². The second-order valence-corrected chi connectivity index (χ2v) is 4.40. The Morgan fingerprint density at radius 2 is 2.36 bits per heavy atom. The standard InChI is InChI=1S/C11H14BrNO/c1-14-11-5-4-8(7-9(11)12)10-3-2-6-13-10/h4-5,7,10,13H,2-3,6H2,1H3. The lowest BCUT2D eigenvalue weighted by Gasteiger charge is -2.12. The van der Waals surface area contributed by atoms with E-state index in [1.165, 1.54) is 18.4 Å². The minimum atomic E-state index is 0.525. The second-order valence-electron chi connectivity index (χ2n) is 3.54. The molecule has 1 aliphatic heterocycles. The molecule has 1 aromatic rings. The average Bonchev–Trinajstić information content (AvgIpc) is 2.70. The van der Waals surface area contributed by atoms with Crippen molar-refractivity contribution in [3.8, 4) is 5.75 Å². The maximum Gasteiger partial charge on any atom is 0.133 e. The van der Waals surface area contributed by atoms with Crippen molar-refractivity contribution in [3.05, 3.63) is 28.2 Å². The van der Waals surface area contributed by atoms with E-state index in [-0.39, 0.29) is 0 Å². The molecule has 2 rings (SSSR count). The van der Waals surface area contributed by atoms with Gasteiger partial charge in [-0.2, -0.15) is 0 Å². The molecule has 0 radical (unpaired) electrons. The maximum atomic E-state index is 5.20. The molecule has 1 aromatic carbocycles. The van der Waals surface area contributed by atoms with E-state index in [0.29, 0.717) is 6.04 Å². The molecule has 0 aliphatic carbocycles. The van der Waals surface area contributed by atoms with Crippen molar-refractivity contribution in [2.75, 3.05) is 13.7 Å². The molecule has 0 saturated carbocycles. The number of benzene rings is 1. The van der Waals surface area contributed by atoms with Gasteiger partial charge >= 0.3 is 0 Å². The van der Waals surface area contributed by atoms with Crippen LogP contribution in [0.2, 0.25) is 0 Å². The Balaban J connectivity index is 2.23. The lowest BCUT2D eigenvalue weighted by molar-refractivity contribution is 0.411. The minimum absolute atomic E-state index is 0.525. The zero-order valence-electron chi connectivity index (χ0n) is 8.22. The number of ether oxygens (including phenoxy) is 1. The molecule has 1 unspecified atom stereocenters. The van der Waals surface area contributed by atoms with E-state index in [4.69, 9.17) is 4.74 Å². The molecule has 1 heterocycles. The lowest BCUT2D eigenvalue weighted by atomic mass is 10.1. The van der Waals surface area contributed by atoms with Crippen LogP contribution in [0.5, 0.6) is 5.75 Å². The summed E-state index contributed by atoms with van der Waals surface area (Å²) in [6.45, 7) is 1.13. The van der Waals surface area contributed by atoms with Gasteiger partial charge in [-0.15, -0.1) is 0 Å². The quantitative estimate of drug-likeness (QED) is 0.878. The molecule has 0 bridgehead atoms. The average molecular weight is 256 g/mol. The van der Waals surface area contributed by atoms with Gasteiger partial charge in [0.2, 0.25) is 0 Å². The molecule has 2 nitrogen and oxygen atoms in total. The summed E-state index contributed by atoms with van der Waals surface area (Å²) >= 11 is 3.50. The zero-order valence-corrected chi connectivity index (χ0v) is 9.80. The van der Waals surface area contributed by atoms with Crippen LogP contribution in [0.15, 0.2) is 22.7 Å². The van der Waals surface area contributed by atoms with Gasteiger partial charge in [0, 0.05) is 6.04 Å². The van der Waals surface area contributed by atoms with Crippen molar-refractivity contribution in [1.82, 2.24) is 5.32 Å². The van der Waals surface area contributed by atoms with Gasteiger partial charge in [0.05, 0.1) is 11.6 Å². The lowest BCUT2D eigenvalue weighted by Crippen LogP contribution is -2.12. The fraction of sp³-hybridized carbons (Fsp3) is 0.455. The highest BCUT2D eigenvalue weighted by atomic mass is 79.9. The molecule has 1 fully saturated rings. The summed E-state index contributed by atoms with van der Waals surface area (Å²) in [5.41, 5.74) is 1.34. The van der Waals surface area contributed by atoms with Crippen molar-refractivity contribution in [2.24, 2.45) is 0 Å². The topological polar surface area (TPSA) is 21.3 Å². The Morgan fingerprint density at radius 1 is 1.50 bits per heavy atom. The number of nitrogens with one attached hydrogen (secondary N) is 1. The van der Waals surface area contributed by atoms with Gasteiger partial charge in [-0.1, -0.05) is 6.07 Å². The molecule has 0 aromatic heterocycles. The second kappa shape index (κ2) is 4.32. The SMILES string of the molecule is COc1ccc(C2CCCN2)cc1Br. The normalized spacial score (nSPS) is 21.1. The van der Waals surface area contributed by atoms with Crippen LogP contribution in [-0.2, 0) is 0 Å². The van der Waals surface area contributed by atoms with Crippen molar-refractivity contribution < 1.29 is 4.74 Å². The van der Waals surface area contributed by atoms with Gasteiger partial charge < -0.3 is 10.1 Å². The first kappa shape index (κ1) is 9.99. The van der Waals surface area contributed by atoms with Crippen LogP contribution in [0, 0.1) is 0 Å². The van der Waals surface area contributed by atoms with Gasteiger partial charge in [0.1, 0.15) is 5.75 Å². The van der Waals surface area contributed by atoms with Crippen molar-refractivity contribution in [2.45, 2.75) is 18.9 Å². The molecule has 3 heteroatoms. The molecule has 1 saturated heterocycles. The summed E-state index contributed by atoms with van der Waals surface area (Å²) in [5.74, 6) is 0.895. The predicted molar refractivity (Wildman–Crippen MR) is 60.7 cm³/mol. The van der Waals surface area contributed by atoms with E-state index < -0.39 is 0 Å². The molecule has 0 amide bonds. The Hall–Kier alpha value is -0.540. The van der Waals surface area contributed by atoms with Crippen LogP contribution in [-0.4, -0.2) is 13.7 Å². The van der Waals surface area contributed by atoms with Gasteiger partial charge in [-0.3, -0.25) is 0 Å². The third-order valence-electron chi connectivity index (χ3n) is 2.64. The summed E-state index contributed by atoms with van der Waals surface area (Å²) < 4.78 is 6.23. The van der Waals surface area contributed by atoms with Gasteiger partial charge in [0.15, 0.2) is 0 Å². The molecule has 1 N–H and O–H groups in total. The molecule has 76 valence electrons. The number of hydrogen-bond acceptors (Lipinski definition) is 2. The van der Waals surface area contributed by atoms with E-state index in [2.05, 4.69) is 33.4 Å².